The second-order valence-electron chi connectivity index (χ2n) is 45.6. The lowest BCUT2D eigenvalue weighted by molar-refractivity contribution is -0.135. The first kappa shape index (κ1) is 126. The predicted octanol–water partition coefficient (Wildman–Crippen LogP) is 26.4. The van der Waals surface area contributed by atoms with Gasteiger partial charge in [-0.2, -0.15) is 0 Å². The first-order valence-corrected chi connectivity index (χ1v) is 48.6. The minimum atomic E-state index is -1.08. The second kappa shape index (κ2) is 57.5. The summed E-state index contributed by atoms with van der Waals surface area (Å²) in [5.41, 5.74) is 18.9. The topological polar surface area (TPSA) is 228 Å². The molecule has 143 heavy (non-hydrogen) atoms. The van der Waals surface area contributed by atoms with Crippen LogP contribution in [0.15, 0.2) is 224 Å². The number of ketones is 9. The van der Waals surface area contributed by atoms with E-state index in [9.17, 15) is 48.3 Å². The SMILES string of the molecule is C#Cc1ccc(C(C)(C)C(=O)C(C)(C)C)cc1.C#Cc1ccc(C(C)C(=O)C(C)(C)C)cc1.C#Cc1ccc(C(N)C(=O)C(C)(C)C)cc1.C#Cc1ccc(C(O)C(=O)C(C)(C)C)cc1.C#Cc1ccc(CC(=O)C(C)(C)C)cc1.C#Cc1ccc(COCC(=O)C(C)(C)C)cc1.CC(C)(C)C(=O)COCc1ccccc1.CC(C)(C)C(=O)COCc1ccccc1.Cc1ccc2c(c1)CCC2C(=O)C(C)(C)C. The maximum absolute atomic E-state index is 12.4. The van der Waals surface area contributed by atoms with Gasteiger partial charge in [0.2, 0.25) is 0 Å². The molecule has 0 fully saturated rings. The van der Waals surface area contributed by atoms with E-state index < -0.39 is 28.4 Å². The zero-order chi connectivity index (χ0) is 109. The number of fused-ring (bicyclic) bond motifs is 1. The molecule has 0 spiro atoms. The lowest BCUT2D eigenvalue weighted by Gasteiger charge is -2.31. The van der Waals surface area contributed by atoms with Crippen molar-refractivity contribution in [3.8, 4) is 74.1 Å². The fourth-order valence-corrected chi connectivity index (χ4v) is 13.4. The van der Waals surface area contributed by atoms with Crippen LogP contribution in [0.5, 0.6) is 0 Å². The lowest BCUT2D eigenvalue weighted by atomic mass is 9.71. The minimum absolute atomic E-state index is 0.0287. The number of hydrogen-bond donors (Lipinski definition) is 2. The second-order valence-corrected chi connectivity index (χ2v) is 45.6. The number of hydrogen-bond acceptors (Lipinski definition) is 14. The van der Waals surface area contributed by atoms with Crippen molar-refractivity contribution in [3.63, 3.8) is 0 Å². The van der Waals surface area contributed by atoms with Crippen LogP contribution >= 0.6 is 0 Å². The largest absolute Gasteiger partial charge is 0.381 e. The number of nitrogens with two attached hydrogens (primary N) is 1. The van der Waals surface area contributed by atoms with Crippen molar-refractivity contribution < 1.29 is 62.5 Å². The summed E-state index contributed by atoms with van der Waals surface area (Å²) < 4.78 is 16.1. The third kappa shape index (κ3) is 46.0. The quantitative estimate of drug-likeness (QED) is 0.0568. The fourth-order valence-electron chi connectivity index (χ4n) is 13.4. The molecular formula is C129H161NO13. The Morgan fingerprint density at radius 3 is 0.951 bits per heavy atom. The molecule has 4 unspecified atom stereocenters. The van der Waals surface area contributed by atoms with Crippen LogP contribution in [0.3, 0.4) is 0 Å². The van der Waals surface area contributed by atoms with Crippen molar-refractivity contribution in [1.29, 1.82) is 0 Å². The van der Waals surface area contributed by atoms with E-state index in [1.54, 1.807) is 57.2 Å². The standard InChI is InChI=1S/C16H20O.C15H18O2.C15H20O.C15H18O.C14H17NO.C14H16O2.C14H16O.2C13H18O2/c1-7-12-8-10-13(11-9-12)16(5,6)14(17)15(2,3)4;1-5-12-6-8-13(9-7-12)10-17-11-14(16)15(2,3)4;1-10-5-7-12-11(9-10)6-8-13(12)14(16)15(2,3)4;1-6-12-7-9-13(10-8-12)11(2)14(16)15(3,4)5;2*1-5-10-6-8-11(9-7-10)12(15)13(16)14(2,3)4;1-5-11-6-8-12(9-7-11)10-13(15)14(2,3)4;2*1-13(2,3)12(14)10-15-9-11-7-5-4-6-8-11/h1,8-11H,2-6H3;1,6-9H,10-11H2,2-4H3;5,7,9,13H,6,8H2,1-4H3;1,7-11H,2-5H3;1,6-9,12H,15H2,2-4H3;1,6-9,12,15H,2-4H3;1,6-9H,10H2,2-4H3;2*4-8H,9-10H2,1-3H3. The molecule has 1 aliphatic carbocycles. The van der Waals surface area contributed by atoms with E-state index in [0.29, 0.717) is 37.6 Å². The van der Waals surface area contributed by atoms with Gasteiger partial charge in [-0.05, 0) is 162 Å². The summed E-state index contributed by atoms with van der Waals surface area (Å²) in [5, 5.41) is 9.89. The van der Waals surface area contributed by atoms with Gasteiger partial charge in [-0.1, -0.05) is 387 Å². The molecule has 9 aromatic rings. The normalized spacial score (nSPS) is 12.8. The number of Topliss-reactive ketones (excluding diaryl/α,β-unsaturated/α-hetero) is 9. The molecule has 0 saturated heterocycles. The van der Waals surface area contributed by atoms with E-state index in [4.69, 9.17) is 58.5 Å². The van der Waals surface area contributed by atoms with Crippen LogP contribution in [-0.4, -0.2) is 77.0 Å². The van der Waals surface area contributed by atoms with Gasteiger partial charge in [0.05, 0.1) is 25.9 Å². The zero-order valence-electron chi connectivity index (χ0n) is 91.4. The summed E-state index contributed by atoms with van der Waals surface area (Å²) >= 11 is 0. The van der Waals surface area contributed by atoms with E-state index in [1.807, 2.05) is 357 Å². The summed E-state index contributed by atoms with van der Waals surface area (Å²) in [4.78, 5) is 107. The highest BCUT2D eigenvalue weighted by Gasteiger charge is 2.39. The van der Waals surface area contributed by atoms with Crippen LogP contribution in [0.25, 0.3) is 0 Å². The molecule has 0 amide bonds. The number of ether oxygens (including phenoxy) is 3. The molecule has 4 atom stereocenters. The highest BCUT2D eigenvalue weighted by Crippen LogP contribution is 2.40. The third-order valence-electron chi connectivity index (χ3n) is 23.1. The Hall–Kier alpha value is -12.8. The third-order valence-corrected chi connectivity index (χ3v) is 23.1. The molecule has 1 aliphatic rings. The fraction of sp³-hybridized carbons (Fsp3) is 0.419. The van der Waals surface area contributed by atoms with Crippen LogP contribution in [-0.2, 0) is 95.4 Å². The number of aliphatic hydroxyl groups excluding tert-OH is 1. The van der Waals surface area contributed by atoms with Crippen molar-refractivity contribution in [2.24, 2.45) is 54.5 Å². The van der Waals surface area contributed by atoms with Crippen LogP contribution in [0.1, 0.15) is 333 Å². The highest BCUT2D eigenvalue weighted by atomic mass is 16.5. The Morgan fingerprint density at radius 2 is 0.643 bits per heavy atom. The molecule has 760 valence electrons. The maximum Gasteiger partial charge on any atom is 0.171 e. The Balaban J connectivity index is 0.000000544. The summed E-state index contributed by atoms with van der Waals surface area (Å²) in [6.45, 7) is 61.6. The van der Waals surface area contributed by atoms with Crippen LogP contribution in [0.4, 0.5) is 0 Å². The molecule has 10 rings (SSSR count). The number of aliphatic hydroxyl groups is 1. The van der Waals surface area contributed by atoms with Crippen molar-refractivity contribution in [3.05, 3.63) is 319 Å². The molecular weight excluding hydrogens is 1770 g/mol. The molecule has 0 radical (unpaired) electrons. The van der Waals surface area contributed by atoms with E-state index in [2.05, 4.69) is 60.6 Å². The van der Waals surface area contributed by atoms with E-state index in [0.717, 1.165) is 85.2 Å². The van der Waals surface area contributed by atoms with Gasteiger partial charge in [0, 0.05) is 106 Å². The molecule has 9 aromatic carbocycles. The first-order valence-electron chi connectivity index (χ1n) is 48.6. The van der Waals surface area contributed by atoms with Gasteiger partial charge in [0.1, 0.15) is 49.1 Å². The van der Waals surface area contributed by atoms with Crippen LogP contribution in [0, 0.1) is 130 Å². The number of terminal acetylenes is 6. The van der Waals surface area contributed by atoms with Crippen molar-refractivity contribution in [2.75, 3.05) is 19.8 Å². The van der Waals surface area contributed by atoms with Crippen LogP contribution in [0.2, 0.25) is 0 Å². The number of carbonyl (C=O) groups excluding carboxylic acids is 9. The average molecular weight is 1930 g/mol. The number of benzene rings is 9. The lowest BCUT2D eigenvalue weighted by Crippen LogP contribution is -2.38. The number of rotatable bonds is 23. The maximum atomic E-state index is 12.4. The van der Waals surface area contributed by atoms with Gasteiger partial charge in [0.15, 0.2) is 28.9 Å². The van der Waals surface area contributed by atoms with Gasteiger partial charge in [-0.3, -0.25) is 43.2 Å². The van der Waals surface area contributed by atoms with Gasteiger partial charge in [-0.15, -0.1) is 38.5 Å². The van der Waals surface area contributed by atoms with Gasteiger partial charge in [-0.25, -0.2) is 0 Å². The van der Waals surface area contributed by atoms with Crippen LogP contribution < -0.4 is 5.73 Å². The zero-order valence-corrected chi connectivity index (χ0v) is 91.4. The van der Waals surface area contributed by atoms with E-state index in [-0.39, 0.29) is 116 Å². The Bertz CT molecular complexity index is 5590. The Morgan fingerprint density at radius 1 is 0.343 bits per heavy atom. The molecule has 0 aliphatic heterocycles. The molecule has 0 saturated carbocycles. The van der Waals surface area contributed by atoms with Gasteiger partial charge in [0.25, 0.3) is 0 Å². The number of carbonyl (C=O) groups is 9. The summed E-state index contributed by atoms with van der Waals surface area (Å²) in [6, 6.07) is 70.0. The molecule has 0 bridgehead atoms. The van der Waals surface area contributed by atoms with Gasteiger partial charge >= 0.3 is 0 Å². The molecule has 0 aromatic heterocycles. The average Bonchev–Trinajstić information content (AvgIpc) is 1.78. The van der Waals surface area contributed by atoms with Crippen molar-refractivity contribution in [2.45, 2.75) is 283 Å². The summed E-state index contributed by atoms with van der Waals surface area (Å²) in [6.07, 6.45) is 33.1. The van der Waals surface area contributed by atoms with Crippen molar-refractivity contribution in [1.82, 2.24) is 0 Å². The number of aryl methyl sites for hydroxylation is 2. The first-order chi connectivity index (χ1) is 66.0. The van der Waals surface area contributed by atoms with Gasteiger partial charge < -0.3 is 25.1 Å². The molecule has 3 N–H and O–H groups in total. The van der Waals surface area contributed by atoms with E-state index >= 15 is 0 Å². The predicted molar refractivity (Wildman–Crippen MR) is 588 cm³/mol. The summed E-state index contributed by atoms with van der Waals surface area (Å²) in [5.74, 6) is 16.7. The molecule has 0 heterocycles. The highest BCUT2D eigenvalue weighted by molar-refractivity contribution is 5.94. The molecule has 14 nitrogen and oxygen atoms in total. The smallest absolute Gasteiger partial charge is 0.171 e. The van der Waals surface area contributed by atoms with Crippen molar-refractivity contribution >= 4 is 52.0 Å². The monoisotopic (exact) mass is 1930 g/mol. The molecule has 14 heteroatoms. The van der Waals surface area contributed by atoms with E-state index in [1.165, 1.54) is 16.7 Å². The Labute approximate surface area is 859 Å². The minimum Gasteiger partial charge on any atom is -0.381 e. The Kier molecular flexibility index (Phi) is 50.7. The summed E-state index contributed by atoms with van der Waals surface area (Å²) in [7, 11) is 0.